The third-order valence-corrected chi connectivity index (χ3v) is 4.47. The van der Waals surface area contributed by atoms with Gasteiger partial charge in [0.15, 0.2) is 0 Å². The molecule has 0 saturated carbocycles. The molecule has 0 spiro atoms. The topological polar surface area (TPSA) is 55.9 Å². The van der Waals surface area contributed by atoms with Crippen molar-refractivity contribution in [2.45, 2.75) is 6.42 Å². The molecule has 1 fully saturated rings. The van der Waals surface area contributed by atoms with Gasteiger partial charge in [-0.2, -0.15) is 0 Å². The number of hydrogen-bond acceptors (Lipinski definition) is 4. The van der Waals surface area contributed by atoms with Crippen LogP contribution in [0.2, 0.25) is 0 Å². The molecular weight excluding hydrogens is 328 g/mol. The van der Waals surface area contributed by atoms with Crippen molar-refractivity contribution in [3.63, 3.8) is 0 Å². The zero-order valence-corrected chi connectivity index (χ0v) is 14.8. The lowest BCUT2D eigenvalue weighted by molar-refractivity contribution is -0.133. The second-order valence-electron chi connectivity index (χ2n) is 6.23. The van der Waals surface area contributed by atoms with E-state index in [2.05, 4.69) is 11.4 Å². The van der Waals surface area contributed by atoms with Crippen LogP contribution in [0.25, 0.3) is 0 Å². The van der Waals surface area contributed by atoms with Gasteiger partial charge in [-0.1, -0.05) is 18.2 Å². The summed E-state index contributed by atoms with van der Waals surface area (Å²) < 4.78 is 0. The highest BCUT2D eigenvalue weighted by molar-refractivity contribution is 5.97. The molecule has 1 aromatic carbocycles. The van der Waals surface area contributed by atoms with E-state index in [0.717, 1.165) is 44.8 Å². The van der Waals surface area contributed by atoms with Crippen molar-refractivity contribution >= 4 is 29.9 Å². The average Bonchev–Trinajstić information content (AvgIpc) is 2.99. The molecule has 1 saturated heterocycles. The molecule has 0 unspecified atom stereocenters. The van der Waals surface area contributed by atoms with Crippen LogP contribution in [0.1, 0.15) is 5.56 Å². The number of carbonyl (C=O) groups is 2. The normalized spacial score (nSPS) is 16.8. The number of nitrogens with zero attached hydrogens (tertiary/aromatic N) is 3. The summed E-state index contributed by atoms with van der Waals surface area (Å²) in [7, 11) is 1.83. The molecule has 0 aromatic heterocycles. The number of rotatable bonds is 4. The van der Waals surface area contributed by atoms with E-state index in [1.54, 1.807) is 0 Å². The van der Waals surface area contributed by atoms with Crippen LogP contribution in [0.5, 0.6) is 0 Å². The maximum absolute atomic E-state index is 12.5. The lowest BCUT2D eigenvalue weighted by Gasteiger charge is -2.29. The molecule has 1 aromatic rings. The second-order valence-corrected chi connectivity index (χ2v) is 6.23. The number of anilines is 1. The Labute approximate surface area is 149 Å². The van der Waals surface area contributed by atoms with Gasteiger partial charge in [0.1, 0.15) is 0 Å². The zero-order valence-electron chi connectivity index (χ0n) is 14.0. The van der Waals surface area contributed by atoms with Gasteiger partial charge in [-0.25, -0.2) is 0 Å². The Bertz CT molecular complexity index is 590. The first-order valence-corrected chi connectivity index (χ1v) is 8.20. The molecule has 2 aliphatic heterocycles. The first kappa shape index (κ1) is 18.7. The summed E-state index contributed by atoms with van der Waals surface area (Å²) in [4.78, 5) is 30.3. The van der Waals surface area contributed by atoms with Crippen molar-refractivity contribution in [1.82, 2.24) is 15.1 Å². The summed E-state index contributed by atoms with van der Waals surface area (Å²) in [6.07, 6.45) is 0.908. The number of amides is 2. The van der Waals surface area contributed by atoms with E-state index in [9.17, 15) is 9.59 Å². The van der Waals surface area contributed by atoms with E-state index in [4.69, 9.17) is 0 Å². The number of hydrogen-bond donors (Lipinski definition) is 1. The fourth-order valence-electron chi connectivity index (χ4n) is 3.21. The van der Waals surface area contributed by atoms with E-state index < -0.39 is 0 Å². The standard InChI is InChI=1S/C17H24N4O2.ClH/c1-19(12-16(22)20-10-7-18-8-11-20)13-17(23)21-9-6-14-4-2-3-5-15(14)21;/h2-5,18H,6-13H2,1H3;1H. The van der Waals surface area contributed by atoms with E-state index in [1.807, 2.05) is 39.9 Å². The molecule has 0 bridgehead atoms. The van der Waals surface area contributed by atoms with Crippen LogP contribution in [-0.4, -0.2) is 74.5 Å². The van der Waals surface area contributed by atoms with Gasteiger partial charge in [-0.05, 0) is 25.1 Å². The van der Waals surface area contributed by atoms with Crippen LogP contribution in [0, 0.1) is 0 Å². The number of likely N-dealkylation sites (N-methyl/N-ethyl adjacent to an activating group) is 1. The number of benzene rings is 1. The minimum atomic E-state index is 0. The first-order valence-electron chi connectivity index (χ1n) is 8.20. The molecule has 0 aliphatic carbocycles. The Kier molecular flexibility index (Phi) is 6.60. The third kappa shape index (κ3) is 4.26. The quantitative estimate of drug-likeness (QED) is 0.850. The van der Waals surface area contributed by atoms with Gasteiger partial charge in [-0.3, -0.25) is 14.5 Å². The number of piperazine rings is 1. The van der Waals surface area contributed by atoms with Crippen molar-refractivity contribution in [2.75, 3.05) is 57.8 Å². The Morgan fingerprint density at radius 3 is 2.50 bits per heavy atom. The number of para-hydroxylation sites is 1. The number of carbonyl (C=O) groups excluding carboxylic acids is 2. The molecule has 2 aliphatic rings. The van der Waals surface area contributed by atoms with Gasteiger partial charge in [0.25, 0.3) is 0 Å². The van der Waals surface area contributed by atoms with Crippen molar-refractivity contribution in [2.24, 2.45) is 0 Å². The smallest absolute Gasteiger partial charge is 0.241 e. The SMILES string of the molecule is CN(CC(=O)N1CCNCC1)CC(=O)N1CCc2ccccc21.Cl. The zero-order chi connectivity index (χ0) is 16.2. The Balaban J connectivity index is 0.00000208. The minimum Gasteiger partial charge on any atom is -0.339 e. The molecule has 2 amide bonds. The van der Waals surface area contributed by atoms with Crippen molar-refractivity contribution in [1.29, 1.82) is 0 Å². The Hall–Kier alpha value is -1.63. The maximum Gasteiger partial charge on any atom is 0.241 e. The molecule has 7 heteroatoms. The van der Waals surface area contributed by atoms with Crippen molar-refractivity contribution in [3.05, 3.63) is 29.8 Å². The molecule has 2 heterocycles. The molecule has 6 nitrogen and oxygen atoms in total. The van der Waals surface area contributed by atoms with Crippen molar-refractivity contribution in [3.8, 4) is 0 Å². The number of nitrogens with one attached hydrogen (secondary N) is 1. The number of halogens is 1. The molecule has 3 rings (SSSR count). The van der Waals surface area contributed by atoms with Crippen LogP contribution in [0.3, 0.4) is 0 Å². The van der Waals surface area contributed by atoms with E-state index in [0.29, 0.717) is 6.54 Å². The predicted octanol–water partition coefficient (Wildman–Crippen LogP) is 0.361. The van der Waals surface area contributed by atoms with Crippen LogP contribution < -0.4 is 10.2 Å². The van der Waals surface area contributed by atoms with E-state index in [-0.39, 0.29) is 30.8 Å². The van der Waals surface area contributed by atoms with Gasteiger partial charge in [0.05, 0.1) is 13.1 Å². The molecular formula is C17H25ClN4O2. The summed E-state index contributed by atoms with van der Waals surface area (Å²) >= 11 is 0. The van der Waals surface area contributed by atoms with Crippen LogP contribution in [-0.2, 0) is 16.0 Å². The van der Waals surface area contributed by atoms with Crippen LogP contribution in [0.15, 0.2) is 24.3 Å². The third-order valence-electron chi connectivity index (χ3n) is 4.47. The summed E-state index contributed by atoms with van der Waals surface area (Å²) in [5.74, 6) is 0.161. The lowest BCUT2D eigenvalue weighted by Crippen LogP contribution is -2.50. The van der Waals surface area contributed by atoms with Gasteiger partial charge < -0.3 is 15.1 Å². The largest absolute Gasteiger partial charge is 0.339 e. The Morgan fingerprint density at radius 2 is 1.75 bits per heavy atom. The molecule has 1 N–H and O–H groups in total. The van der Waals surface area contributed by atoms with Gasteiger partial charge in [0, 0.05) is 38.4 Å². The van der Waals surface area contributed by atoms with E-state index in [1.165, 1.54) is 5.56 Å². The lowest BCUT2D eigenvalue weighted by atomic mass is 10.2. The maximum atomic E-state index is 12.5. The second kappa shape index (κ2) is 8.46. The number of fused-ring (bicyclic) bond motifs is 1. The van der Waals surface area contributed by atoms with Gasteiger partial charge >= 0.3 is 0 Å². The molecule has 24 heavy (non-hydrogen) atoms. The highest BCUT2D eigenvalue weighted by Gasteiger charge is 2.25. The minimum absolute atomic E-state index is 0. The van der Waals surface area contributed by atoms with Crippen LogP contribution >= 0.6 is 12.4 Å². The van der Waals surface area contributed by atoms with E-state index >= 15 is 0 Å². The highest BCUT2D eigenvalue weighted by Crippen LogP contribution is 2.27. The highest BCUT2D eigenvalue weighted by atomic mass is 35.5. The fourth-order valence-corrected chi connectivity index (χ4v) is 3.21. The van der Waals surface area contributed by atoms with Crippen molar-refractivity contribution < 1.29 is 9.59 Å². The first-order chi connectivity index (χ1) is 11.1. The summed E-state index contributed by atoms with van der Waals surface area (Å²) in [5, 5.41) is 3.23. The monoisotopic (exact) mass is 352 g/mol. The average molecular weight is 353 g/mol. The van der Waals surface area contributed by atoms with Gasteiger partial charge in [0.2, 0.25) is 11.8 Å². The summed E-state index contributed by atoms with van der Waals surface area (Å²) in [5.41, 5.74) is 2.24. The predicted molar refractivity (Wildman–Crippen MR) is 96.7 cm³/mol. The molecule has 0 atom stereocenters. The molecule has 0 radical (unpaired) electrons. The molecule has 132 valence electrons. The fraction of sp³-hybridized carbons (Fsp3) is 0.529. The Morgan fingerprint density at radius 1 is 1.08 bits per heavy atom. The summed E-state index contributed by atoms with van der Waals surface area (Å²) in [6.45, 7) is 4.49. The van der Waals surface area contributed by atoms with Gasteiger partial charge in [-0.15, -0.1) is 12.4 Å². The van der Waals surface area contributed by atoms with Crippen LogP contribution in [0.4, 0.5) is 5.69 Å². The summed E-state index contributed by atoms with van der Waals surface area (Å²) in [6, 6.07) is 8.03.